The molecule has 0 spiro atoms. The van der Waals surface area contributed by atoms with Crippen LogP contribution < -0.4 is 4.74 Å². The van der Waals surface area contributed by atoms with Gasteiger partial charge in [-0.3, -0.25) is 9.97 Å². The zero-order valence-electron chi connectivity index (χ0n) is 16.8. The summed E-state index contributed by atoms with van der Waals surface area (Å²) in [6, 6.07) is 5.02. The van der Waals surface area contributed by atoms with Gasteiger partial charge in [0.2, 0.25) is 0 Å². The molecule has 1 aromatic carbocycles. The first-order chi connectivity index (χ1) is 13.2. The monoisotopic (exact) mass is 372 g/mol. The number of benzene rings is 1. The number of ether oxygens (including phenoxy) is 1. The fraction of sp³-hybridized carbons (Fsp3) is 0.565. The van der Waals surface area contributed by atoms with Crippen LogP contribution in [-0.4, -0.2) is 16.6 Å². The van der Waals surface area contributed by atoms with E-state index in [1.807, 2.05) is 12.3 Å². The predicted octanol–water partition coefficient (Wildman–Crippen LogP) is 6.75. The molecule has 4 heteroatoms. The van der Waals surface area contributed by atoms with E-state index in [2.05, 4.69) is 23.8 Å². The van der Waals surface area contributed by atoms with Gasteiger partial charge in [-0.05, 0) is 37.5 Å². The van der Waals surface area contributed by atoms with Gasteiger partial charge in [0.15, 0.2) is 11.6 Å². The van der Waals surface area contributed by atoms with Gasteiger partial charge in [0, 0.05) is 11.8 Å². The van der Waals surface area contributed by atoms with Crippen molar-refractivity contribution < 1.29 is 9.13 Å². The molecule has 0 bridgehead atoms. The van der Waals surface area contributed by atoms with Crippen LogP contribution in [0, 0.1) is 5.82 Å². The van der Waals surface area contributed by atoms with Crippen molar-refractivity contribution in [3.63, 3.8) is 0 Å². The van der Waals surface area contributed by atoms with Crippen LogP contribution >= 0.6 is 0 Å². The maximum atomic E-state index is 14.3. The van der Waals surface area contributed by atoms with Crippen molar-refractivity contribution >= 4 is 0 Å². The topological polar surface area (TPSA) is 35.0 Å². The number of aromatic nitrogens is 2. The summed E-state index contributed by atoms with van der Waals surface area (Å²) in [7, 11) is 0. The lowest BCUT2D eigenvalue weighted by Crippen LogP contribution is -2.00. The minimum Gasteiger partial charge on any atom is -0.491 e. The lowest BCUT2D eigenvalue weighted by atomic mass is 10.1. The maximum absolute atomic E-state index is 14.3. The first kappa shape index (κ1) is 21.3. The molecule has 2 aromatic rings. The minimum atomic E-state index is -0.343. The van der Waals surface area contributed by atoms with Crippen LogP contribution in [-0.2, 0) is 6.42 Å². The molecule has 27 heavy (non-hydrogen) atoms. The fourth-order valence-corrected chi connectivity index (χ4v) is 3.03. The van der Waals surface area contributed by atoms with Gasteiger partial charge >= 0.3 is 0 Å². The SMILES string of the molecule is CCCCCCCc1cnc(-c2ccc(OCCCCCC)c(F)c2)cn1. The van der Waals surface area contributed by atoms with Gasteiger partial charge in [-0.2, -0.15) is 0 Å². The first-order valence-corrected chi connectivity index (χ1v) is 10.5. The molecule has 0 atom stereocenters. The Balaban J connectivity index is 1.85. The maximum Gasteiger partial charge on any atom is 0.165 e. The molecule has 0 aliphatic heterocycles. The lowest BCUT2D eigenvalue weighted by molar-refractivity contribution is 0.290. The van der Waals surface area contributed by atoms with Crippen LogP contribution in [0.15, 0.2) is 30.6 Å². The molecule has 0 unspecified atom stereocenters. The van der Waals surface area contributed by atoms with Crippen molar-refractivity contribution in [1.82, 2.24) is 9.97 Å². The van der Waals surface area contributed by atoms with Crippen LogP contribution in [0.4, 0.5) is 4.39 Å². The summed E-state index contributed by atoms with van der Waals surface area (Å²) in [5.74, 6) is -0.0308. The summed E-state index contributed by atoms with van der Waals surface area (Å²) < 4.78 is 19.8. The zero-order valence-corrected chi connectivity index (χ0v) is 16.8. The summed E-state index contributed by atoms with van der Waals surface area (Å²) in [5, 5.41) is 0. The standard InChI is InChI=1S/C23H33FN2O/c1-3-5-7-9-10-12-20-17-26-22(18-25-20)19-13-14-23(21(24)16-19)27-15-11-8-6-4-2/h13-14,16-18H,3-12,15H2,1-2H3. The molecule has 0 amide bonds. The number of aryl methyl sites for hydroxylation is 1. The van der Waals surface area contributed by atoms with E-state index in [1.165, 1.54) is 44.6 Å². The Morgan fingerprint density at radius 2 is 1.59 bits per heavy atom. The van der Waals surface area contributed by atoms with Crippen molar-refractivity contribution in [2.45, 2.75) is 78.1 Å². The van der Waals surface area contributed by atoms with Gasteiger partial charge in [0.05, 0.1) is 24.2 Å². The van der Waals surface area contributed by atoms with Gasteiger partial charge in [0.1, 0.15) is 0 Å². The quantitative estimate of drug-likeness (QED) is 0.365. The Morgan fingerprint density at radius 3 is 2.26 bits per heavy atom. The normalized spacial score (nSPS) is 10.9. The molecule has 1 heterocycles. The molecule has 0 fully saturated rings. The van der Waals surface area contributed by atoms with E-state index in [-0.39, 0.29) is 5.82 Å². The number of unbranched alkanes of at least 4 members (excludes halogenated alkanes) is 7. The number of hydrogen-bond donors (Lipinski definition) is 0. The van der Waals surface area contributed by atoms with Gasteiger partial charge in [-0.15, -0.1) is 0 Å². The summed E-state index contributed by atoms with van der Waals surface area (Å²) in [4.78, 5) is 8.95. The largest absolute Gasteiger partial charge is 0.491 e. The van der Waals surface area contributed by atoms with Crippen molar-refractivity contribution in [3.8, 4) is 17.0 Å². The average Bonchev–Trinajstić information content (AvgIpc) is 2.69. The van der Waals surface area contributed by atoms with Crippen molar-refractivity contribution in [2.75, 3.05) is 6.61 Å². The van der Waals surface area contributed by atoms with Crippen molar-refractivity contribution in [3.05, 3.63) is 42.1 Å². The molecule has 0 saturated heterocycles. The van der Waals surface area contributed by atoms with Crippen LogP contribution in [0.2, 0.25) is 0 Å². The average molecular weight is 373 g/mol. The summed E-state index contributed by atoms with van der Waals surface area (Å²) in [6.07, 6.45) is 15.2. The molecular formula is C23H33FN2O. The Hall–Kier alpha value is -1.97. The Morgan fingerprint density at radius 1 is 0.852 bits per heavy atom. The highest BCUT2D eigenvalue weighted by Gasteiger charge is 2.08. The minimum absolute atomic E-state index is 0.312. The molecule has 3 nitrogen and oxygen atoms in total. The molecule has 0 aliphatic carbocycles. The van der Waals surface area contributed by atoms with E-state index in [4.69, 9.17) is 4.74 Å². The summed E-state index contributed by atoms with van der Waals surface area (Å²) in [6.45, 7) is 4.95. The second kappa shape index (κ2) is 12.4. The highest BCUT2D eigenvalue weighted by atomic mass is 19.1. The lowest BCUT2D eigenvalue weighted by Gasteiger charge is -2.09. The van der Waals surface area contributed by atoms with Crippen LogP contribution in [0.5, 0.6) is 5.75 Å². The van der Waals surface area contributed by atoms with E-state index in [9.17, 15) is 4.39 Å². The zero-order chi connectivity index (χ0) is 19.3. The van der Waals surface area contributed by atoms with E-state index in [1.54, 1.807) is 12.3 Å². The van der Waals surface area contributed by atoms with Gasteiger partial charge in [-0.1, -0.05) is 58.8 Å². The highest BCUT2D eigenvalue weighted by Crippen LogP contribution is 2.24. The fourth-order valence-electron chi connectivity index (χ4n) is 3.03. The van der Waals surface area contributed by atoms with E-state index in [0.717, 1.165) is 36.9 Å². The van der Waals surface area contributed by atoms with E-state index >= 15 is 0 Å². The van der Waals surface area contributed by atoms with Crippen LogP contribution in [0.3, 0.4) is 0 Å². The molecule has 0 aliphatic rings. The smallest absolute Gasteiger partial charge is 0.165 e. The van der Waals surface area contributed by atoms with Gasteiger partial charge in [-0.25, -0.2) is 4.39 Å². The second-order valence-corrected chi connectivity index (χ2v) is 7.11. The summed E-state index contributed by atoms with van der Waals surface area (Å²) >= 11 is 0. The Kier molecular flexibility index (Phi) is 9.81. The molecule has 148 valence electrons. The van der Waals surface area contributed by atoms with Crippen LogP contribution in [0.25, 0.3) is 11.3 Å². The third kappa shape index (κ3) is 7.66. The third-order valence-electron chi connectivity index (χ3n) is 4.72. The van der Waals surface area contributed by atoms with E-state index in [0.29, 0.717) is 18.1 Å². The first-order valence-electron chi connectivity index (χ1n) is 10.5. The molecule has 1 aromatic heterocycles. The second-order valence-electron chi connectivity index (χ2n) is 7.11. The molecule has 0 saturated carbocycles. The number of nitrogens with zero attached hydrogens (tertiary/aromatic N) is 2. The van der Waals surface area contributed by atoms with E-state index < -0.39 is 0 Å². The molecule has 2 rings (SSSR count). The van der Waals surface area contributed by atoms with Gasteiger partial charge in [0.25, 0.3) is 0 Å². The number of hydrogen-bond acceptors (Lipinski definition) is 3. The Labute approximate surface area is 163 Å². The molecule has 0 N–H and O–H groups in total. The molecule has 0 radical (unpaired) electrons. The van der Waals surface area contributed by atoms with Gasteiger partial charge < -0.3 is 4.74 Å². The number of rotatable bonds is 13. The Bertz CT molecular complexity index is 658. The third-order valence-corrected chi connectivity index (χ3v) is 4.72. The highest BCUT2D eigenvalue weighted by molar-refractivity contribution is 5.59. The summed E-state index contributed by atoms with van der Waals surface area (Å²) in [5.41, 5.74) is 2.42. The van der Waals surface area contributed by atoms with Crippen molar-refractivity contribution in [1.29, 1.82) is 0 Å². The predicted molar refractivity (Wildman–Crippen MR) is 110 cm³/mol. The van der Waals surface area contributed by atoms with Crippen molar-refractivity contribution in [2.24, 2.45) is 0 Å². The molecular weight excluding hydrogens is 339 g/mol. The van der Waals surface area contributed by atoms with Crippen LogP contribution in [0.1, 0.15) is 77.3 Å². The number of halogens is 1.